The first-order chi connectivity index (χ1) is 12.8. The molecule has 0 amide bonds. The second-order valence-electron chi connectivity index (χ2n) is 7.25. The van der Waals surface area contributed by atoms with Gasteiger partial charge >= 0.3 is 0 Å². The molecule has 1 aliphatic heterocycles. The number of halogens is 1. The van der Waals surface area contributed by atoms with E-state index in [1.165, 1.54) is 6.07 Å². The Labute approximate surface area is 165 Å². The van der Waals surface area contributed by atoms with Crippen LogP contribution in [-0.2, 0) is 0 Å². The van der Waals surface area contributed by atoms with E-state index in [9.17, 15) is 4.39 Å². The fourth-order valence-electron chi connectivity index (χ4n) is 3.01. The lowest BCUT2D eigenvalue weighted by Crippen LogP contribution is -2.50. The van der Waals surface area contributed by atoms with Crippen LogP contribution in [0.2, 0.25) is 0 Å². The van der Waals surface area contributed by atoms with E-state index in [4.69, 9.17) is 17.2 Å². The van der Waals surface area contributed by atoms with Crippen molar-refractivity contribution < 1.29 is 4.39 Å². The van der Waals surface area contributed by atoms with Gasteiger partial charge in [-0.3, -0.25) is 0 Å². The summed E-state index contributed by atoms with van der Waals surface area (Å²) in [6.45, 7) is 11.2. The number of piperazine rings is 1. The Hall–Kier alpha value is -2.28. The smallest absolute Gasteiger partial charge is 0.173 e. The third-order valence-electron chi connectivity index (χ3n) is 4.69. The molecule has 27 heavy (non-hydrogen) atoms. The van der Waals surface area contributed by atoms with Gasteiger partial charge in [0.05, 0.1) is 0 Å². The van der Waals surface area contributed by atoms with Gasteiger partial charge in [0.25, 0.3) is 0 Å². The summed E-state index contributed by atoms with van der Waals surface area (Å²) >= 11 is 5.51. The van der Waals surface area contributed by atoms with Crippen molar-refractivity contribution in [3.8, 4) is 0 Å². The average Bonchev–Trinajstić information content (AvgIpc) is 2.64. The van der Waals surface area contributed by atoms with Crippen molar-refractivity contribution in [3.63, 3.8) is 0 Å². The molecule has 1 aliphatic rings. The number of anilines is 2. The SMILES string of the molecule is Cc1cc(N2CCN(C(=S)Nc3ccc(C)c(F)c3)CC2)nc(C(C)C)n1. The molecule has 5 nitrogen and oxygen atoms in total. The highest BCUT2D eigenvalue weighted by atomic mass is 32.1. The summed E-state index contributed by atoms with van der Waals surface area (Å²) in [5.41, 5.74) is 2.30. The molecule has 0 atom stereocenters. The Morgan fingerprint density at radius 1 is 1.11 bits per heavy atom. The predicted molar refractivity (Wildman–Crippen MR) is 112 cm³/mol. The molecule has 0 aliphatic carbocycles. The number of nitrogens with zero attached hydrogens (tertiary/aromatic N) is 4. The van der Waals surface area contributed by atoms with Gasteiger partial charge in [-0.15, -0.1) is 0 Å². The summed E-state index contributed by atoms with van der Waals surface area (Å²) in [6, 6.07) is 7.11. The van der Waals surface area contributed by atoms with Crippen LogP contribution in [0.25, 0.3) is 0 Å². The second kappa shape index (κ2) is 8.17. The maximum atomic E-state index is 13.7. The van der Waals surface area contributed by atoms with Crippen molar-refractivity contribution in [2.45, 2.75) is 33.6 Å². The fraction of sp³-hybridized carbons (Fsp3) is 0.450. The van der Waals surface area contributed by atoms with Crippen LogP contribution in [0, 0.1) is 19.7 Å². The minimum Gasteiger partial charge on any atom is -0.353 e. The molecular weight excluding hydrogens is 361 g/mol. The third-order valence-corrected chi connectivity index (χ3v) is 5.05. The van der Waals surface area contributed by atoms with Crippen LogP contribution in [0.15, 0.2) is 24.3 Å². The maximum absolute atomic E-state index is 13.7. The van der Waals surface area contributed by atoms with Gasteiger partial charge in [0.1, 0.15) is 17.5 Å². The lowest BCUT2D eigenvalue weighted by atomic mass is 10.2. The van der Waals surface area contributed by atoms with Crippen LogP contribution in [0.1, 0.15) is 36.8 Å². The maximum Gasteiger partial charge on any atom is 0.173 e. The topological polar surface area (TPSA) is 44.3 Å². The van der Waals surface area contributed by atoms with Crippen LogP contribution in [0.3, 0.4) is 0 Å². The monoisotopic (exact) mass is 387 g/mol. The van der Waals surface area contributed by atoms with Gasteiger partial charge in [-0.05, 0) is 43.8 Å². The number of hydrogen-bond donors (Lipinski definition) is 1. The molecule has 7 heteroatoms. The van der Waals surface area contributed by atoms with Crippen molar-refractivity contribution >= 4 is 28.8 Å². The molecule has 2 aromatic rings. The van der Waals surface area contributed by atoms with Crippen LogP contribution < -0.4 is 10.2 Å². The zero-order chi connectivity index (χ0) is 19.6. The molecule has 0 unspecified atom stereocenters. The van der Waals surface area contributed by atoms with Crippen molar-refractivity contribution in [2.24, 2.45) is 0 Å². The average molecular weight is 388 g/mol. The first-order valence-corrected chi connectivity index (χ1v) is 9.67. The Morgan fingerprint density at radius 3 is 2.44 bits per heavy atom. The van der Waals surface area contributed by atoms with E-state index in [0.717, 1.165) is 43.5 Å². The Bertz CT molecular complexity index is 831. The molecule has 1 aromatic heterocycles. The van der Waals surface area contributed by atoms with E-state index < -0.39 is 0 Å². The highest BCUT2D eigenvalue weighted by molar-refractivity contribution is 7.80. The summed E-state index contributed by atoms with van der Waals surface area (Å²) in [4.78, 5) is 13.6. The van der Waals surface area contributed by atoms with Crippen molar-refractivity contribution in [2.75, 3.05) is 36.4 Å². The number of nitrogens with one attached hydrogen (secondary N) is 1. The lowest BCUT2D eigenvalue weighted by molar-refractivity contribution is 0.389. The van der Waals surface area contributed by atoms with Crippen LogP contribution in [-0.4, -0.2) is 46.2 Å². The number of benzene rings is 1. The normalized spacial score (nSPS) is 14.6. The molecule has 0 radical (unpaired) electrons. The number of thiocarbonyl (C=S) groups is 1. The molecule has 1 aromatic carbocycles. The van der Waals surface area contributed by atoms with Crippen molar-refractivity contribution in [3.05, 3.63) is 47.2 Å². The highest BCUT2D eigenvalue weighted by Gasteiger charge is 2.21. The summed E-state index contributed by atoms with van der Waals surface area (Å²) in [5.74, 6) is 1.93. The molecule has 144 valence electrons. The third kappa shape index (κ3) is 4.71. The first kappa shape index (κ1) is 19.5. The van der Waals surface area contributed by atoms with Gasteiger partial charge in [0.2, 0.25) is 0 Å². The van der Waals surface area contributed by atoms with E-state index in [2.05, 4.69) is 33.9 Å². The molecule has 1 N–H and O–H groups in total. The van der Waals surface area contributed by atoms with Crippen LogP contribution in [0.4, 0.5) is 15.9 Å². The van der Waals surface area contributed by atoms with E-state index in [1.54, 1.807) is 13.0 Å². The van der Waals surface area contributed by atoms with Crippen LogP contribution in [0.5, 0.6) is 0 Å². The molecule has 0 bridgehead atoms. The quantitative estimate of drug-likeness (QED) is 0.807. The Balaban J connectivity index is 1.61. The van der Waals surface area contributed by atoms with Crippen molar-refractivity contribution in [1.29, 1.82) is 0 Å². The van der Waals surface area contributed by atoms with Gasteiger partial charge in [0.15, 0.2) is 5.11 Å². The summed E-state index contributed by atoms with van der Waals surface area (Å²) < 4.78 is 13.7. The summed E-state index contributed by atoms with van der Waals surface area (Å²) in [7, 11) is 0. The number of rotatable bonds is 3. The van der Waals surface area contributed by atoms with Gasteiger partial charge in [-0.25, -0.2) is 14.4 Å². The molecule has 3 rings (SSSR count). The molecule has 2 heterocycles. The van der Waals surface area contributed by atoms with E-state index in [0.29, 0.717) is 22.3 Å². The van der Waals surface area contributed by atoms with Gasteiger partial charge < -0.3 is 15.1 Å². The zero-order valence-corrected chi connectivity index (χ0v) is 17.1. The minimum atomic E-state index is -0.229. The molecule has 0 spiro atoms. The zero-order valence-electron chi connectivity index (χ0n) is 16.3. The number of hydrogen-bond acceptors (Lipinski definition) is 4. The lowest BCUT2D eigenvalue weighted by Gasteiger charge is -2.37. The van der Waals surface area contributed by atoms with Gasteiger partial charge in [0, 0.05) is 49.5 Å². The van der Waals surface area contributed by atoms with Crippen molar-refractivity contribution in [1.82, 2.24) is 14.9 Å². The summed E-state index contributed by atoms with van der Waals surface area (Å²) in [6.07, 6.45) is 0. The minimum absolute atomic E-state index is 0.229. The van der Waals surface area contributed by atoms with Gasteiger partial charge in [-0.1, -0.05) is 19.9 Å². The highest BCUT2D eigenvalue weighted by Crippen LogP contribution is 2.19. The molecule has 1 saturated heterocycles. The number of aromatic nitrogens is 2. The second-order valence-corrected chi connectivity index (χ2v) is 7.64. The molecule has 1 fully saturated rings. The predicted octanol–water partition coefficient (Wildman–Crippen LogP) is 3.87. The Kier molecular flexibility index (Phi) is 5.89. The van der Waals surface area contributed by atoms with Gasteiger partial charge in [-0.2, -0.15) is 0 Å². The van der Waals surface area contributed by atoms with E-state index >= 15 is 0 Å². The van der Waals surface area contributed by atoms with Crippen LogP contribution >= 0.6 is 12.2 Å². The largest absolute Gasteiger partial charge is 0.353 e. The molecule has 0 saturated carbocycles. The summed E-state index contributed by atoms with van der Waals surface area (Å²) in [5, 5.41) is 3.77. The van der Waals surface area contributed by atoms with E-state index in [-0.39, 0.29) is 5.82 Å². The first-order valence-electron chi connectivity index (χ1n) is 9.26. The molecular formula is C20H26FN5S. The number of aryl methyl sites for hydroxylation is 2. The Morgan fingerprint density at radius 2 is 1.81 bits per heavy atom. The fourth-order valence-corrected chi connectivity index (χ4v) is 3.31. The standard InChI is InChI=1S/C20H26FN5S/c1-13(2)19-22-15(4)11-18(24-19)25-7-9-26(10-8-25)20(27)23-16-6-5-14(3)17(21)12-16/h5-6,11-13H,7-10H2,1-4H3,(H,23,27). The van der Waals surface area contributed by atoms with E-state index in [1.807, 2.05) is 19.1 Å².